The van der Waals surface area contributed by atoms with Gasteiger partial charge in [-0.2, -0.15) is 0 Å². The Hall–Kier alpha value is -2.36. The SMILES string of the molecule is C/C=C/C=C/C(=O)Nc1ccc(C(=O)NC(C)(C)C)cc1. The van der Waals surface area contributed by atoms with Gasteiger partial charge >= 0.3 is 0 Å². The van der Waals surface area contributed by atoms with Crippen molar-refractivity contribution in [1.29, 1.82) is 0 Å². The highest BCUT2D eigenvalue weighted by atomic mass is 16.2. The molecule has 112 valence electrons. The molecule has 1 aromatic carbocycles. The quantitative estimate of drug-likeness (QED) is 0.659. The summed E-state index contributed by atoms with van der Waals surface area (Å²) in [5.74, 6) is -0.339. The van der Waals surface area contributed by atoms with Gasteiger partial charge in [-0.1, -0.05) is 18.2 Å². The summed E-state index contributed by atoms with van der Waals surface area (Å²) in [7, 11) is 0. The van der Waals surface area contributed by atoms with Crippen molar-refractivity contribution in [3.63, 3.8) is 0 Å². The minimum atomic E-state index is -0.276. The van der Waals surface area contributed by atoms with Crippen molar-refractivity contribution in [1.82, 2.24) is 5.32 Å². The van der Waals surface area contributed by atoms with Gasteiger partial charge < -0.3 is 10.6 Å². The van der Waals surface area contributed by atoms with E-state index in [4.69, 9.17) is 0 Å². The zero-order chi connectivity index (χ0) is 15.9. The summed E-state index contributed by atoms with van der Waals surface area (Å²) >= 11 is 0. The number of amides is 2. The summed E-state index contributed by atoms with van der Waals surface area (Å²) in [6.07, 6.45) is 6.73. The van der Waals surface area contributed by atoms with Gasteiger partial charge in [0.1, 0.15) is 0 Å². The molecule has 0 aliphatic carbocycles. The lowest BCUT2D eigenvalue weighted by Crippen LogP contribution is -2.40. The normalized spacial score (nSPS) is 11.8. The van der Waals surface area contributed by atoms with E-state index in [9.17, 15) is 9.59 Å². The van der Waals surface area contributed by atoms with Gasteiger partial charge in [0.2, 0.25) is 5.91 Å². The molecule has 0 spiro atoms. The molecule has 2 amide bonds. The molecule has 2 N–H and O–H groups in total. The molecular weight excluding hydrogens is 264 g/mol. The highest BCUT2D eigenvalue weighted by Gasteiger charge is 2.14. The summed E-state index contributed by atoms with van der Waals surface area (Å²) in [6, 6.07) is 6.79. The van der Waals surface area contributed by atoms with Gasteiger partial charge in [-0.3, -0.25) is 9.59 Å². The van der Waals surface area contributed by atoms with Crippen molar-refractivity contribution < 1.29 is 9.59 Å². The molecule has 4 heteroatoms. The van der Waals surface area contributed by atoms with Gasteiger partial charge in [0.05, 0.1) is 0 Å². The fourth-order valence-corrected chi connectivity index (χ4v) is 1.56. The van der Waals surface area contributed by atoms with Crippen LogP contribution in [-0.4, -0.2) is 17.4 Å². The first-order valence-corrected chi connectivity index (χ1v) is 6.85. The Morgan fingerprint density at radius 2 is 1.67 bits per heavy atom. The van der Waals surface area contributed by atoms with Gasteiger partial charge in [0.15, 0.2) is 0 Å². The second kappa shape index (κ2) is 7.43. The van der Waals surface area contributed by atoms with Crippen molar-refractivity contribution in [2.45, 2.75) is 33.2 Å². The standard InChI is InChI=1S/C17H22N2O2/c1-5-6-7-8-15(20)18-14-11-9-13(10-12-14)16(21)19-17(2,3)4/h5-12H,1-4H3,(H,18,20)(H,19,21)/b6-5+,8-7+. The molecule has 0 heterocycles. The maximum Gasteiger partial charge on any atom is 0.251 e. The smallest absolute Gasteiger partial charge is 0.251 e. The van der Waals surface area contributed by atoms with E-state index in [1.54, 1.807) is 36.4 Å². The molecule has 0 saturated heterocycles. The Kier molecular flexibility index (Phi) is 5.91. The van der Waals surface area contributed by atoms with E-state index in [1.807, 2.05) is 33.8 Å². The van der Waals surface area contributed by atoms with Crippen LogP contribution in [0.5, 0.6) is 0 Å². The molecule has 0 aliphatic heterocycles. The Morgan fingerprint density at radius 1 is 1.05 bits per heavy atom. The Labute approximate surface area is 125 Å². The Balaban J connectivity index is 2.66. The zero-order valence-electron chi connectivity index (χ0n) is 12.9. The van der Waals surface area contributed by atoms with Crippen molar-refractivity contribution in [2.24, 2.45) is 0 Å². The van der Waals surface area contributed by atoms with Crippen LogP contribution in [0.15, 0.2) is 48.6 Å². The van der Waals surface area contributed by atoms with Crippen LogP contribution in [0.25, 0.3) is 0 Å². The van der Waals surface area contributed by atoms with Crippen LogP contribution in [0.4, 0.5) is 5.69 Å². The van der Waals surface area contributed by atoms with Crippen LogP contribution in [0.1, 0.15) is 38.1 Å². The molecule has 21 heavy (non-hydrogen) atoms. The first-order chi connectivity index (χ1) is 9.81. The minimum Gasteiger partial charge on any atom is -0.347 e. The fourth-order valence-electron chi connectivity index (χ4n) is 1.56. The molecular formula is C17H22N2O2. The van der Waals surface area contributed by atoms with Crippen LogP contribution < -0.4 is 10.6 Å². The highest BCUT2D eigenvalue weighted by molar-refractivity contribution is 6.00. The van der Waals surface area contributed by atoms with E-state index < -0.39 is 0 Å². The molecule has 4 nitrogen and oxygen atoms in total. The largest absolute Gasteiger partial charge is 0.347 e. The average Bonchev–Trinajstić information content (AvgIpc) is 2.38. The van der Waals surface area contributed by atoms with E-state index in [-0.39, 0.29) is 17.4 Å². The van der Waals surface area contributed by atoms with Crippen molar-refractivity contribution in [2.75, 3.05) is 5.32 Å². The first kappa shape index (κ1) is 16.7. The number of hydrogen-bond donors (Lipinski definition) is 2. The summed E-state index contributed by atoms with van der Waals surface area (Å²) in [5.41, 5.74) is 0.937. The van der Waals surface area contributed by atoms with Gasteiger partial charge in [-0.15, -0.1) is 0 Å². The average molecular weight is 286 g/mol. The third-order valence-electron chi connectivity index (χ3n) is 2.45. The second-order valence-electron chi connectivity index (χ2n) is 5.66. The van der Waals surface area contributed by atoms with Gasteiger partial charge in [-0.05, 0) is 52.0 Å². The first-order valence-electron chi connectivity index (χ1n) is 6.85. The Bertz CT molecular complexity index is 549. The van der Waals surface area contributed by atoms with E-state index in [0.717, 1.165) is 0 Å². The van der Waals surface area contributed by atoms with Crippen molar-refractivity contribution in [3.05, 3.63) is 54.1 Å². The molecule has 0 bridgehead atoms. The lowest BCUT2D eigenvalue weighted by Gasteiger charge is -2.20. The maximum absolute atomic E-state index is 12.0. The summed E-state index contributed by atoms with van der Waals surface area (Å²) < 4.78 is 0. The number of benzene rings is 1. The van der Waals surface area contributed by atoms with Gasteiger partial charge in [0.25, 0.3) is 5.91 Å². The molecule has 0 aliphatic rings. The summed E-state index contributed by atoms with van der Waals surface area (Å²) in [5, 5.41) is 5.61. The Morgan fingerprint density at radius 3 is 2.19 bits per heavy atom. The van der Waals surface area contributed by atoms with Gasteiger partial charge in [-0.25, -0.2) is 0 Å². The van der Waals surface area contributed by atoms with Gasteiger partial charge in [0, 0.05) is 22.9 Å². The number of carbonyl (C=O) groups excluding carboxylic acids is 2. The molecule has 1 aromatic rings. The number of rotatable bonds is 4. The zero-order valence-corrected chi connectivity index (χ0v) is 12.9. The maximum atomic E-state index is 12.0. The molecule has 1 rings (SSSR count). The van der Waals surface area contributed by atoms with Crippen LogP contribution >= 0.6 is 0 Å². The molecule has 0 radical (unpaired) electrons. The monoisotopic (exact) mass is 286 g/mol. The minimum absolute atomic E-state index is 0.131. The summed E-state index contributed by atoms with van der Waals surface area (Å²) in [4.78, 5) is 23.5. The molecule has 0 fully saturated rings. The number of allylic oxidation sites excluding steroid dienone is 3. The predicted octanol–water partition coefficient (Wildman–Crippen LogP) is 3.29. The predicted molar refractivity (Wildman–Crippen MR) is 86.2 cm³/mol. The van der Waals surface area contributed by atoms with Crippen molar-refractivity contribution in [3.8, 4) is 0 Å². The van der Waals surface area contributed by atoms with E-state index >= 15 is 0 Å². The molecule has 0 aromatic heterocycles. The third-order valence-corrected chi connectivity index (χ3v) is 2.45. The third kappa shape index (κ3) is 6.56. The molecule has 0 atom stereocenters. The van der Waals surface area contributed by atoms with Crippen molar-refractivity contribution >= 4 is 17.5 Å². The van der Waals surface area contributed by atoms with E-state index in [1.165, 1.54) is 6.08 Å². The molecule has 0 saturated carbocycles. The second-order valence-corrected chi connectivity index (χ2v) is 5.66. The van der Waals surface area contributed by atoms with Crippen LogP contribution in [0.3, 0.4) is 0 Å². The van der Waals surface area contributed by atoms with E-state index in [2.05, 4.69) is 10.6 Å². The number of nitrogens with one attached hydrogen (secondary N) is 2. The highest BCUT2D eigenvalue weighted by Crippen LogP contribution is 2.11. The fraction of sp³-hybridized carbons (Fsp3) is 0.294. The molecule has 0 unspecified atom stereocenters. The lowest BCUT2D eigenvalue weighted by atomic mass is 10.1. The number of anilines is 1. The van der Waals surface area contributed by atoms with Crippen LogP contribution in [-0.2, 0) is 4.79 Å². The van der Waals surface area contributed by atoms with Crippen LogP contribution in [0, 0.1) is 0 Å². The topological polar surface area (TPSA) is 58.2 Å². The number of hydrogen-bond acceptors (Lipinski definition) is 2. The number of carbonyl (C=O) groups is 2. The summed E-state index contributed by atoms with van der Waals surface area (Å²) in [6.45, 7) is 7.66. The van der Waals surface area contributed by atoms with Crippen LogP contribution in [0.2, 0.25) is 0 Å². The lowest BCUT2D eigenvalue weighted by molar-refractivity contribution is -0.111. The van der Waals surface area contributed by atoms with E-state index in [0.29, 0.717) is 11.3 Å².